The second-order valence-corrected chi connectivity index (χ2v) is 3.49. The lowest BCUT2D eigenvalue weighted by molar-refractivity contribution is -0.137. The predicted octanol–water partition coefficient (Wildman–Crippen LogP) is 3.36. The normalized spacial score (nSPS) is 20.5. The van der Waals surface area contributed by atoms with Crippen LogP contribution in [0.5, 0.6) is 0 Å². The first-order valence-corrected chi connectivity index (χ1v) is 4.79. The van der Waals surface area contributed by atoms with Gasteiger partial charge in [-0.3, -0.25) is 4.84 Å². The van der Waals surface area contributed by atoms with E-state index in [0.29, 0.717) is 0 Å². The summed E-state index contributed by atoms with van der Waals surface area (Å²) in [5.74, 6) is 0. The third-order valence-corrected chi connectivity index (χ3v) is 2.22. The number of hydroxylamine groups is 1. The van der Waals surface area contributed by atoms with Crippen molar-refractivity contribution in [3.05, 3.63) is 42.1 Å². The van der Waals surface area contributed by atoms with Gasteiger partial charge in [0.2, 0.25) is 0 Å². The molecule has 16 heavy (non-hydrogen) atoms. The van der Waals surface area contributed by atoms with Crippen molar-refractivity contribution in [2.24, 2.45) is 0 Å². The summed E-state index contributed by atoms with van der Waals surface area (Å²) in [6.45, 7) is 1.76. The lowest BCUT2D eigenvalue weighted by atomic mass is 10.1. The Hall–Kier alpha value is -1.49. The zero-order chi connectivity index (χ0) is 11.8. The molecule has 0 radical (unpaired) electrons. The summed E-state index contributed by atoms with van der Waals surface area (Å²) in [5.41, 5.74) is -0.690. The van der Waals surface area contributed by atoms with Crippen molar-refractivity contribution in [1.29, 1.82) is 0 Å². The van der Waals surface area contributed by atoms with Gasteiger partial charge in [-0.15, -0.1) is 0 Å². The van der Waals surface area contributed by atoms with E-state index in [1.807, 2.05) is 0 Å². The van der Waals surface area contributed by atoms with Crippen LogP contribution in [0.3, 0.4) is 0 Å². The van der Waals surface area contributed by atoms with Gasteiger partial charge in [0.15, 0.2) is 0 Å². The number of rotatable bonds is 1. The van der Waals surface area contributed by atoms with Crippen LogP contribution in [-0.2, 0) is 11.0 Å². The molecular weight excluding hydrogens is 219 g/mol. The molecule has 0 aromatic heterocycles. The summed E-state index contributed by atoms with van der Waals surface area (Å²) in [6, 6.07) is 5.32. The topological polar surface area (TPSA) is 12.5 Å². The Bertz CT molecular complexity index is 414. The first kappa shape index (κ1) is 11.0. The first-order valence-electron chi connectivity index (χ1n) is 4.79. The van der Waals surface area contributed by atoms with E-state index in [-0.39, 0.29) is 11.8 Å². The second-order valence-electron chi connectivity index (χ2n) is 3.49. The van der Waals surface area contributed by atoms with Gasteiger partial charge in [0.05, 0.1) is 11.3 Å². The Morgan fingerprint density at radius 3 is 2.50 bits per heavy atom. The molecule has 1 unspecified atom stereocenters. The van der Waals surface area contributed by atoms with E-state index < -0.39 is 11.7 Å². The highest BCUT2D eigenvalue weighted by Crippen LogP contribution is 2.37. The van der Waals surface area contributed by atoms with Crippen LogP contribution in [0.1, 0.15) is 12.5 Å². The predicted molar refractivity (Wildman–Crippen MR) is 53.6 cm³/mol. The van der Waals surface area contributed by atoms with Crippen LogP contribution in [0.4, 0.5) is 18.9 Å². The highest BCUT2D eigenvalue weighted by Gasteiger charge is 2.35. The maximum absolute atomic E-state index is 12.7. The van der Waals surface area contributed by atoms with Gasteiger partial charge in [-0.25, -0.2) is 5.06 Å². The number of benzene rings is 1. The number of alkyl halides is 3. The van der Waals surface area contributed by atoms with Gasteiger partial charge in [0.25, 0.3) is 0 Å². The van der Waals surface area contributed by atoms with Crippen LogP contribution in [0.15, 0.2) is 36.5 Å². The smallest absolute Gasteiger partial charge is 0.262 e. The molecule has 2 rings (SSSR count). The largest absolute Gasteiger partial charge is 0.418 e. The van der Waals surface area contributed by atoms with Gasteiger partial charge in [0.1, 0.15) is 6.10 Å². The summed E-state index contributed by atoms with van der Waals surface area (Å²) >= 11 is 0. The molecule has 0 saturated heterocycles. The van der Waals surface area contributed by atoms with E-state index >= 15 is 0 Å². The highest BCUT2D eigenvalue weighted by molar-refractivity contribution is 5.55. The molecule has 5 heteroatoms. The third-order valence-electron chi connectivity index (χ3n) is 2.22. The molecule has 86 valence electrons. The third kappa shape index (κ3) is 2.04. The maximum atomic E-state index is 12.7. The maximum Gasteiger partial charge on any atom is 0.418 e. The molecule has 1 aromatic rings. The SMILES string of the molecule is CC1C=CN(c2ccccc2C(F)(F)F)O1. The number of para-hydroxylation sites is 1. The van der Waals surface area contributed by atoms with E-state index in [0.717, 1.165) is 11.1 Å². The van der Waals surface area contributed by atoms with Crippen molar-refractivity contribution in [3.63, 3.8) is 0 Å². The minimum Gasteiger partial charge on any atom is -0.262 e. The van der Waals surface area contributed by atoms with Crippen LogP contribution >= 0.6 is 0 Å². The Labute approximate surface area is 90.9 Å². The van der Waals surface area contributed by atoms with Gasteiger partial charge < -0.3 is 0 Å². The summed E-state index contributed by atoms with van der Waals surface area (Å²) in [6.07, 6.45) is -1.40. The molecule has 0 saturated carbocycles. The summed E-state index contributed by atoms with van der Waals surface area (Å²) in [7, 11) is 0. The molecule has 1 aliphatic rings. The minimum atomic E-state index is -4.38. The average Bonchev–Trinajstić information content (AvgIpc) is 2.64. The number of hydrogen-bond donors (Lipinski definition) is 0. The molecule has 1 aliphatic heterocycles. The minimum absolute atomic E-state index is 0.00981. The lowest BCUT2D eigenvalue weighted by Crippen LogP contribution is -2.19. The molecule has 2 nitrogen and oxygen atoms in total. The quantitative estimate of drug-likeness (QED) is 0.732. The zero-order valence-corrected chi connectivity index (χ0v) is 8.53. The van der Waals surface area contributed by atoms with Crippen molar-refractivity contribution < 1.29 is 18.0 Å². The van der Waals surface area contributed by atoms with E-state index in [9.17, 15) is 13.2 Å². The summed E-state index contributed by atoms with van der Waals surface area (Å²) < 4.78 is 38.1. The lowest BCUT2D eigenvalue weighted by Gasteiger charge is -2.20. The van der Waals surface area contributed by atoms with Crippen LogP contribution in [0, 0.1) is 0 Å². The summed E-state index contributed by atoms with van der Waals surface area (Å²) in [5, 5.41) is 1.15. The number of halogens is 3. The van der Waals surface area contributed by atoms with Crippen LogP contribution in [0.25, 0.3) is 0 Å². The van der Waals surface area contributed by atoms with Gasteiger partial charge in [0, 0.05) is 6.20 Å². The average molecular weight is 229 g/mol. The van der Waals surface area contributed by atoms with E-state index in [1.165, 1.54) is 18.3 Å². The molecule has 0 spiro atoms. The van der Waals surface area contributed by atoms with Gasteiger partial charge >= 0.3 is 6.18 Å². The Kier molecular flexibility index (Phi) is 2.63. The Morgan fingerprint density at radius 1 is 1.25 bits per heavy atom. The second kappa shape index (κ2) is 3.83. The standard InChI is InChI=1S/C11H10F3NO/c1-8-6-7-15(16-8)10-5-3-2-4-9(10)11(12,13)14/h2-8H,1H3. The Balaban J connectivity index is 2.38. The first-order chi connectivity index (χ1) is 7.48. The van der Waals surface area contributed by atoms with Crippen molar-refractivity contribution in [1.82, 2.24) is 0 Å². The van der Waals surface area contributed by atoms with Crippen molar-refractivity contribution in [2.75, 3.05) is 5.06 Å². The fourth-order valence-electron chi connectivity index (χ4n) is 1.49. The fourth-order valence-corrected chi connectivity index (χ4v) is 1.49. The molecule has 0 amide bonds. The molecule has 1 heterocycles. The Morgan fingerprint density at radius 2 is 1.94 bits per heavy atom. The summed E-state index contributed by atoms with van der Waals surface area (Å²) in [4.78, 5) is 5.21. The van der Waals surface area contributed by atoms with E-state index in [1.54, 1.807) is 19.1 Å². The van der Waals surface area contributed by atoms with Crippen molar-refractivity contribution in [3.8, 4) is 0 Å². The van der Waals surface area contributed by atoms with Gasteiger partial charge in [-0.1, -0.05) is 12.1 Å². The highest BCUT2D eigenvalue weighted by atomic mass is 19.4. The van der Waals surface area contributed by atoms with Crippen LogP contribution in [0.2, 0.25) is 0 Å². The van der Waals surface area contributed by atoms with Gasteiger partial charge in [-0.05, 0) is 25.1 Å². The van der Waals surface area contributed by atoms with Crippen molar-refractivity contribution >= 4 is 5.69 Å². The van der Waals surface area contributed by atoms with Crippen molar-refractivity contribution in [2.45, 2.75) is 19.2 Å². The number of hydrogen-bond acceptors (Lipinski definition) is 2. The molecule has 1 aromatic carbocycles. The van der Waals surface area contributed by atoms with Gasteiger partial charge in [-0.2, -0.15) is 13.2 Å². The van der Waals surface area contributed by atoms with E-state index in [4.69, 9.17) is 4.84 Å². The molecule has 0 bridgehead atoms. The molecule has 0 N–H and O–H groups in total. The fraction of sp³-hybridized carbons (Fsp3) is 0.273. The molecular formula is C11H10F3NO. The molecule has 1 atom stereocenters. The zero-order valence-electron chi connectivity index (χ0n) is 8.53. The van der Waals surface area contributed by atoms with Crippen LogP contribution < -0.4 is 5.06 Å². The monoisotopic (exact) mass is 229 g/mol. The van der Waals surface area contributed by atoms with E-state index in [2.05, 4.69) is 0 Å². The molecule has 0 fully saturated rings. The number of nitrogens with zero attached hydrogens (tertiary/aromatic N) is 1. The van der Waals surface area contributed by atoms with Crippen LogP contribution in [-0.4, -0.2) is 6.10 Å². The molecule has 0 aliphatic carbocycles. The number of anilines is 1.